The van der Waals surface area contributed by atoms with Gasteiger partial charge in [-0.2, -0.15) is 0 Å². The van der Waals surface area contributed by atoms with Crippen molar-refractivity contribution in [2.24, 2.45) is 10.9 Å². The van der Waals surface area contributed by atoms with E-state index in [4.69, 9.17) is 4.74 Å². The van der Waals surface area contributed by atoms with Crippen LogP contribution in [0.4, 0.5) is 4.79 Å². The van der Waals surface area contributed by atoms with E-state index in [-0.39, 0.29) is 36.0 Å². The summed E-state index contributed by atoms with van der Waals surface area (Å²) in [6.45, 7) is 12.3. The van der Waals surface area contributed by atoms with Crippen LogP contribution in [0.15, 0.2) is 35.3 Å². The highest BCUT2D eigenvalue weighted by atomic mass is 127. The number of halogens is 1. The van der Waals surface area contributed by atoms with Gasteiger partial charge in [0, 0.05) is 52.9 Å². The van der Waals surface area contributed by atoms with Crippen molar-refractivity contribution in [3.8, 4) is 0 Å². The molecule has 2 N–H and O–H groups in total. The van der Waals surface area contributed by atoms with E-state index in [9.17, 15) is 4.79 Å². The predicted octanol–water partition coefficient (Wildman–Crippen LogP) is 3.94. The Morgan fingerprint density at radius 3 is 2.44 bits per heavy atom. The van der Waals surface area contributed by atoms with Crippen LogP contribution >= 0.6 is 24.0 Å². The zero-order valence-electron chi connectivity index (χ0n) is 20.6. The van der Waals surface area contributed by atoms with Crippen molar-refractivity contribution >= 4 is 36.0 Å². The van der Waals surface area contributed by atoms with E-state index in [1.165, 1.54) is 5.56 Å². The lowest BCUT2D eigenvalue weighted by Crippen LogP contribution is -2.49. The second kappa shape index (κ2) is 13.9. The molecule has 0 aliphatic carbocycles. The van der Waals surface area contributed by atoms with E-state index in [1.807, 2.05) is 20.8 Å². The molecule has 1 aliphatic heterocycles. The monoisotopic (exact) mass is 559 g/mol. The standard InChI is InChI=1S/C24H41N5O2.HI/c1-19(17-28(6)23(30)31-24(2,3)4)16-26-22(25-5)27-21-12-14-29(15-13-21)18-20-10-8-7-9-11-20;/h7-11,19,21H,12-18H2,1-6H3,(H2,25,26,27);1H. The Hall–Kier alpha value is -1.55. The van der Waals surface area contributed by atoms with Crippen LogP contribution < -0.4 is 10.6 Å². The molecule has 0 bridgehead atoms. The Kier molecular flexibility index (Phi) is 12.3. The normalized spacial score (nSPS) is 16.6. The molecule has 1 aromatic rings. The van der Waals surface area contributed by atoms with E-state index in [0.29, 0.717) is 12.6 Å². The Morgan fingerprint density at radius 1 is 1.25 bits per heavy atom. The molecule has 1 amide bonds. The van der Waals surface area contributed by atoms with Crippen molar-refractivity contribution in [2.45, 2.75) is 58.7 Å². The van der Waals surface area contributed by atoms with Gasteiger partial charge < -0.3 is 20.3 Å². The number of benzene rings is 1. The summed E-state index contributed by atoms with van der Waals surface area (Å²) in [4.78, 5) is 20.7. The van der Waals surface area contributed by atoms with Gasteiger partial charge in [0.15, 0.2) is 5.96 Å². The van der Waals surface area contributed by atoms with Crippen molar-refractivity contribution < 1.29 is 9.53 Å². The fourth-order valence-electron chi connectivity index (χ4n) is 3.68. The van der Waals surface area contributed by atoms with Crippen LogP contribution in [-0.4, -0.2) is 73.8 Å². The second-order valence-corrected chi connectivity index (χ2v) is 9.60. The molecular formula is C24H42IN5O2. The van der Waals surface area contributed by atoms with Gasteiger partial charge in [-0.3, -0.25) is 9.89 Å². The topological polar surface area (TPSA) is 69.2 Å². The number of nitrogens with one attached hydrogen (secondary N) is 2. The summed E-state index contributed by atoms with van der Waals surface area (Å²) in [7, 11) is 3.58. The molecule has 0 spiro atoms. The molecule has 0 radical (unpaired) electrons. The van der Waals surface area contributed by atoms with Crippen LogP contribution in [0.2, 0.25) is 0 Å². The number of guanidine groups is 1. The number of piperidine rings is 1. The fourth-order valence-corrected chi connectivity index (χ4v) is 3.68. The van der Waals surface area contributed by atoms with Crippen LogP contribution in [0.3, 0.4) is 0 Å². The fraction of sp³-hybridized carbons (Fsp3) is 0.667. The Bertz CT molecular complexity index is 700. The van der Waals surface area contributed by atoms with Crippen molar-refractivity contribution in [3.63, 3.8) is 0 Å². The minimum absolute atomic E-state index is 0. The number of carbonyl (C=O) groups is 1. The van der Waals surface area contributed by atoms with Crippen molar-refractivity contribution in [1.29, 1.82) is 0 Å². The number of hydrogen-bond donors (Lipinski definition) is 2. The first-order valence-corrected chi connectivity index (χ1v) is 11.3. The number of nitrogens with zero attached hydrogens (tertiary/aromatic N) is 3. The largest absolute Gasteiger partial charge is 0.444 e. The van der Waals surface area contributed by atoms with Gasteiger partial charge in [-0.25, -0.2) is 4.79 Å². The van der Waals surface area contributed by atoms with Gasteiger partial charge in [-0.15, -0.1) is 24.0 Å². The molecule has 32 heavy (non-hydrogen) atoms. The maximum absolute atomic E-state index is 12.1. The van der Waals surface area contributed by atoms with Gasteiger partial charge >= 0.3 is 6.09 Å². The molecule has 1 unspecified atom stereocenters. The van der Waals surface area contributed by atoms with E-state index in [1.54, 1.807) is 19.0 Å². The molecule has 1 aliphatic rings. The SMILES string of the molecule is CN=C(NCC(C)CN(C)C(=O)OC(C)(C)C)NC1CCN(Cc2ccccc2)CC1.I. The van der Waals surface area contributed by atoms with Crippen LogP contribution in [0.1, 0.15) is 46.1 Å². The van der Waals surface area contributed by atoms with Crippen LogP contribution in [0.5, 0.6) is 0 Å². The van der Waals surface area contributed by atoms with Gasteiger partial charge in [-0.1, -0.05) is 37.3 Å². The Morgan fingerprint density at radius 2 is 1.88 bits per heavy atom. The predicted molar refractivity (Wildman–Crippen MR) is 143 cm³/mol. The van der Waals surface area contributed by atoms with Gasteiger partial charge in [0.1, 0.15) is 5.60 Å². The molecule has 1 saturated heterocycles. The zero-order valence-corrected chi connectivity index (χ0v) is 22.9. The Balaban J connectivity index is 0.00000512. The first-order valence-electron chi connectivity index (χ1n) is 11.3. The number of rotatable bonds is 7. The summed E-state index contributed by atoms with van der Waals surface area (Å²) >= 11 is 0. The minimum Gasteiger partial charge on any atom is -0.444 e. The molecule has 8 heteroatoms. The summed E-state index contributed by atoms with van der Waals surface area (Å²) in [6.07, 6.45) is 1.92. The molecule has 1 aromatic carbocycles. The number of hydrogen-bond acceptors (Lipinski definition) is 4. The molecule has 2 rings (SSSR count). The third kappa shape index (κ3) is 10.8. The first kappa shape index (κ1) is 28.5. The smallest absolute Gasteiger partial charge is 0.410 e. The van der Waals surface area contributed by atoms with E-state index in [0.717, 1.165) is 45.0 Å². The van der Waals surface area contributed by atoms with Crippen molar-refractivity contribution in [1.82, 2.24) is 20.4 Å². The van der Waals surface area contributed by atoms with Crippen molar-refractivity contribution in [3.05, 3.63) is 35.9 Å². The molecule has 7 nitrogen and oxygen atoms in total. The number of carbonyl (C=O) groups excluding carboxylic acids is 1. The molecule has 1 atom stereocenters. The summed E-state index contributed by atoms with van der Waals surface area (Å²) in [5, 5.41) is 6.97. The maximum atomic E-state index is 12.1. The molecule has 0 aromatic heterocycles. The molecule has 182 valence electrons. The summed E-state index contributed by atoms with van der Waals surface area (Å²) in [6, 6.07) is 11.1. The lowest BCUT2D eigenvalue weighted by Gasteiger charge is -2.33. The lowest BCUT2D eigenvalue weighted by molar-refractivity contribution is 0.0278. The zero-order chi connectivity index (χ0) is 22.9. The summed E-state index contributed by atoms with van der Waals surface area (Å²) in [5.41, 5.74) is 0.895. The number of aliphatic imine (C=N–C) groups is 1. The first-order chi connectivity index (χ1) is 14.7. The molecule has 1 fully saturated rings. The average molecular weight is 560 g/mol. The summed E-state index contributed by atoms with van der Waals surface area (Å²) < 4.78 is 5.42. The van der Waals surface area contributed by atoms with Crippen LogP contribution in [0.25, 0.3) is 0 Å². The number of likely N-dealkylation sites (tertiary alicyclic amines) is 1. The van der Waals surface area contributed by atoms with Gasteiger partial charge in [0.2, 0.25) is 0 Å². The van der Waals surface area contributed by atoms with Crippen molar-refractivity contribution in [2.75, 3.05) is 40.3 Å². The quantitative estimate of drug-likeness (QED) is 0.301. The van der Waals surface area contributed by atoms with E-state index >= 15 is 0 Å². The van der Waals surface area contributed by atoms with Crippen LogP contribution in [0, 0.1) is 5.92 Å². The average Bonchev–Trinajstić information content (AvgIpc) is 2.71. The molecule has 1 heterocycles. The lowest BCUT2D eigenvalue weighted by atomic mass is 10.0. The summed E-state index contributed by atoms with van der Waals surface area (Å²) in [5.74, 6) is 1.09. The highest BCUT2D eigenvalue weighted by molar-refractivity contribution is 14.0. The number of amides is 1. The Labute approximate surface area is 211 Å². The molecule has 0 saturated carbocycles. The van der Waals surface area contributed by atoms with Gasteiger partial charge in [-0.05, 0) is 45.1 Å². The highest BCUT2D eigenvalue weighted by Crippen LogP contribution is 2.14. The van der Waals surface area contributed by atoms with E-state index in [2.05, 4.69) is 57.8 Å². The van der Waals surface area contributed by atoms with Crippen LogP contribution in [-0.2, 0) is 11.3 Å². The number of ether oxygens (including phenoxy) is 1. The van der Waals surface area contributed by atoms with Gasteiger partial charge in [0.25, 0.3) is 0 Å². The third-order valence-electron chi connectivity index (χ3n) is 5.31. The minimum atomic E-state index is -0.477. The van der Waals surface area contributed by atoms with E-state index < -0.39 is 5.60 Å². The highest BCUT2D eigenvalue weighted by Gasteiger charge is 2.22. The van der Waals surface area contributed by atoms with Gasteiger partial charge in [0.05, 0.1) is 0 Å². The second-order valence-electron chi connectivity index (χ2n) is 9.60. The maximum Gasteiger partial charge on any atom is 0.410 e. The molecular weight excluding hydrogens is 517 g/mol. The third-order valence-corrected chi connectivity index (χ3v) is 5.31.